The fourth-order valence-corrected chi connectivity index (χ4v) is 1.63. The van der Waals surface area contributed by atoms with E-state index in [9.17, 15) is 0 Å². The maximum Gasteiger partial charge on any atom is 0.105 e. The molecule has 0 aliphatic heterocycles. The zero-order chi connectivity index (χ0) is 12.3. The summed E-state index contributed by atoms with van der Waals surface area (Å²) in [5, 5.41) is 3.50. The van der Waals surface area contributed by atoms with E-state index in [4.69, 9.17) is 0 Å². The highest BCUT2D eigenvalue weighted by molar-refractivity contribution is 5.05. The Balaban J connectivity index is 2.73. The zero-order valence-corrected chi connectivity index (χ0v) is 11.5. The third-order valence-electron chi connectivity index (χ3n) is 2.49. The largest absolute Gasteiger partial charge is 0.331 e. The summed E-state index contributed by atoms with van der Waals surface area (Å²) >= 11 is 0. The van der Waals surface area contributed by atoms with Crippen LogP contribution in [0.15, 0.2) is 6.20 Å². The van der Waals surface area contributed by atoms with Gasteiger partial charge in [-0.25, -0.2) is 4.98 Å². The molecule has 0 radical (unpaired) electrons. The lowest BCUT2D eigenvalue weighted by atomic mass is 10.1. The van der Waals surface area contributed by atoms with Gasteiger partial charge in [-0.15, -0.1) is 0 Å². The van der Waals surface area contributed by atoms with Gasteiger partial charge >= 0.3 is 0 Å². The smallest absolute Gasteiger partial charge is 0.105 e. The molecule has 0 atom stereocenters. The van der Waals surface area contributed by atoms with E-state index in [-0.39, 0.29) is 5.54 Å². The molecule has 1 heterocycles. The van der Waals surface area contributed by atoms with Crippen LogP contribution in [0.1, 0.15) is 46.1 Å². The van der Waals surface area contributed by atoms with Crippen molar-refractivity contribution in [2.24, 2.45) is 5.92 Å². The first-order valence-corrected chi connectivity index (χ1v) is 6.05. The first kappa shape index (κ1) is 13.2. The summed E-state index contributed by atoms with van der Waals surface area (Å²) in [6.45, 7) is 15.0. The highest BCUT2D eigenvalue weighted by atomic mass is 15.1. The molecule has 0 amide bonds. The number of hydrogen-bond donors (Lipinski definition) is 1. The maximum atomic E-state index is 4.39. The van der Waals surface area contributed by atoms with Crippen LogP contribution in [0.5, 0.6) is 0 Å². The van der Waals surface area contributed by atoms with E-state index in [1.165, 1.54) is 5.69 Å². The SMILES string of the molecule is Cc1ncc(CNC(C)(C)C)n1CC(C)C. The van der Waals surface area contributed by atoms with Crippen LogP contribution in [0.3, 0.4) is 0 Å². The second-order valence-electron chi connectivity index (χ2n) is 5.90. The summed E-state index contributed by atoms with van der Waals surface area (Å²) in [4.78, 5) is 4.39. The summed E-state index contributed by atoms with van der Waals surface area (Å²) in [5.41, 5.74) is 1.43. The van der Waals surface area contributed by atoms with Gasteiger partial charge in [-0.2, -0.15) is 0 Å². The van der Waals surface area contributed by atoms with Gasteiger partial charge in [0.25, 0.3) is 0 Å². The molecule has 0 spiro atoms. The highest BCUT2D eigenvalue weighted by Crippen LogP contribution is 2.10. The Morgan fingerprint density at radius 2 is 2.00 bits per heavy atom. The number of imidazole rings is 1. The summed E-state index contributed by atoms with van der Waals surface area (Å²) in [5.74, 6) is 1.76. The third-order valence-corrected chi connectivity index (χ3v) is 2.49. The monoisotopic (exact) mass is 223 g/mol. The predicted molar refractivity (Wildman–Crippen MR) is 68.4 cm³/mol. The lowest BCUT2D eigenvalue weighted by Gasteiger charge is -2.21. The van der Waals surface area contributed by atoms with Crippen molar-refractivity contribution in [2.75, 3.05) is 0 Å². The van der Waals surface area contributed by atoms with Crippen LogP contribution in [0.2, 0.25) is 0 Å². The number of hydrogen-bond acceptors (Lipinski definition) is 2. The fraction of sp³-hybridized carbons (Fsp3) is 0.769. The fourth-order valence-electron chi connectivity index (χ4n) is 1.63. The molecule has 92 valence electrons. The molecule has 0 bridgehead atoms. The van der Waals surface area contributed by atoms with Gasteiger partial charge in [0, 0.05) is 24.8 Å². The Morgan fingerprint density at radius 1 is 1.38 bits per heavy atom. The Hall–Kier alpha value is -0.830. The molecular formula is C13H25N3. The molecule has 0 unspecified atom stereocenters. The van der Waals surface area contributed by atoms with Gasteiger partial charge in [-0.1, -0.05) is 13.8 Å². The molecule has 3 heteroatoms. The molecule has 1 aromatic rings. The molecule has 0 aliphatic rings. The van der Waals surface area contributed by atoms with Crippen molar-refractivity contribution in [1.29, 1.82) is 0 Å². The van der Waals surface area contributed by atoms with Gasteiger partial charge < -0.3 is 9.88 Å². The van der Waals surface area contributed by atoms with Crippen molar-refractivity contribution in [3.8, 4) is 0 Å². The van der Waals surface area contributed by atoms with Crippen LogP contribution in [0, 0.1) is 12.8 Å². The molecule has 0 aliphatic carbocycles. The average molecular weight is 223 g/mol. The molecule has 0 aromatic carbocycles. The van der Waals surface area contributed by atoms with Gasteiger partial charge in [0.2, 0.25) is 0 Å². The summed E-state index contributed by atoms with van der Waals surface area (Å²) in [6.07, 6.45) is 1.98. The van der Waals surface area contributed by atoms with Crippen molar-refractivity contribution in [2.45, 2.75) is 60.2 Å². The molecule has 1 aromatic heterocycles. The van der Waals surface area contributed by atoms with Crippen LogP contribution in [-0.2, 0) is 13.1 Å². The highest BCUT2D eigenvalue weighted by Gasteiger charge is 2.12. The standard InChI is InChI=1S/C13H25N3/c1-10(2)9-16-11(3)14-7-12(16)8-15-13(4,5)6/h7,10,15H,8-9H2,1-6H3. The van der Waals surface area contributed by atoms with Crippen molar-refractivity contribution < 1.29 is 0 Å². The molecule has 0 saturated carbocycles. The van der Waals surface area contributed by atoms with E-state index in [2.05, 4.69) is 56.4 Å². The number of nitrogens with zero attached hydrogens (tertiary/aromatic N) is 2. The quantitative estimate of drug-likeness (QED) is 0.850. The number of nitrogens with one attached hydrogen (secondary N) is 1. The molecular weight excluding hydrogens is 198 g/mol. The Kier molecular flexibility index (Phi) is 4.14. The third kappa shape index (κ3) is 3.97. The van der Waals surface area contributed by atoms with Crippen LogP contribution >= 0.6 is 0 Å². The molecule has 0 saturated heterocycles. The Morgan fingerprint density at radius 3 is 2.50 bits per heavy atom. The van der Waals surface area contributed by atoms with E-state index in [0.29, 0.717) is 5.92 Å². The van der Waals surface area contributed by atoms with Crippen LogP contribution < -0.4 is 5.32 Å². The van der Waals surface area contributed by atoms with Crippen LogP contribution in [0.25, 0.3) is 0 Å². The molecule has 3 nitrogen and oxygen atoms in total. The van der Waals surface area contributed by atoms with Crippen molar-refractivity contribution in [3.05, 3.63) is 17.7 Å². The van der Waals surface area contributed by atoms with Gasteiger partial charge in [0.1, 0.15) is 5.82 Å². The normalized spacial score (nSPS) is 12.4. The van der Waals surface area contributed by atoms with E-state index in [1.54, 1.807) is 0 Å². The molecule has 1 rings (SSSR count). The summed E-state index contributed by atoms with van der Waals surface area (Å²) < 4.78 is 2.31. The maximum absolute atomic E-state index is 4.39. The number of rotatable bonds is 4. The predicted octanol–water partition coefficient (Wildman–Crippen LogP) is 2.74. The topological polar surface area (TPSA) is 29.9 Å². The van der Waals surface area contributed by atoms with E-state index < -0.39 is 0 Å². The van der Waals surface area contributed by atoms with Gasteiger partial charge in [-0.3, -0.25) is 0 Å². The second-order valence-corrected chi connectivity index (χ2v) is 5.90. The van der Waals surface area contributed by atoms with Crippen molar-refractivity contribution >= 4 is 0 Å². The van der Waals surface area contributed by atoms with Crippen LogP contribution in [0.4, 0.5) is 0 Å². The first-order chi connectivity index (χ1) is 7.29. The van der Waals surface area contributed by atoms with Gasteiger partial charge in [-0.05, 0) is 33.6 Å². The average Bonchev–Trinajstić information content (AvgIpc) is 2.43. The van der Waals surface area contributed by atoms with Gasteiger partial charge in [0.15, 0.2) is 0 Å². The summed E-state index contributed by atoms with van der Waals surface area (Å²) in [6, 6.07) is 0. The van der Waals surface area contributed by atoms with Crippen molar-refractivity contribution in [3.63, 3.8) is 0 Å². The lowest BCUT2D eigenvalue weighted by Crippen LogP contribution is -2.35. The van der Waals surface area contributed by atoms with Crippen molar-refractivity contribution in [1.82, 2.24) is 14.9 Å². The van der Waals surface area contributed by atoms with E-state index in [0.717, 1.165) is 18.9 Å². The zero-order valence-electron chi connectivity index (χ0n) is 11.5. The van der Waals surface area contributed by atoms with E-state index in [1.807, 2.05) is 6.20 Å². The number of aryl methyl sites for hydroxylation is 1. The number of aromatic nitrogens is 2. The Bertz CT molecular complexity index is 331. The molecule has 0 fully saturated rings. The molecule has 1 N–H and O–H groups in total. The van der Waals surface area contributed by atoms with Gasteiger partial charge in [0.05, 0.1) is 5.69 Å². The first-order valence-electron chi connectivity index (χ1n) is 6.05. The minimum absolute atomic E-state index is 0.154. The van der Waals surface area contributed by atoms with E-state index >= 15 is 0 Å². The lowest BCUT2D eigenvalue weighted by molar-refractivity contribution is 0.408. The summed E-state index contributed by atoms with van der Waals surface area (Å²) in [7, 11) is 0. The van der Waals surface area contributed by atoms with Crippen LogP contribution in [-0.4, -0.2) is 15.1 Å². The minimum atomic E-state index is 0.154. The molecule has 16 heavy (non-hydrogen) atoms. The Labute approximate surface area is 99.3 Å². The minimum Gasteiger partial charge on any atom is -0.331 e. The second kappa shape index (κ2) is 5.00.